The third-order valence-electron chi connectivity index (χ3n) is 4.64. The highest BCUT2D eigenvalue weighted by molar-refractivity contribution is 7.92. The first-order valence-corrected chi connectivity index (χ1v) is 10.2. The Labute approximate surface area is 167 Å². The van der Waals surface area contributed by atoms with E-state index in [0.717, 1.165) is 22.6 Å². The molecule has 0 saturated heterocycles. The lowest BCUT2D eigenvalue weighted by Crippen LogP contribution is -2.13. The van der Waals surface area contributed by atoms with Crippen LogP contribution in [0.25, 0.3) is 22.2 Å². The average molecular weight is 411 g/mol. The molecule has 0 bridgehead atoms. The number of anilines is 2. The van der Waals surface area contributed by atoms with Gasteiger partial charge in [0.2, 0.25) is 0 Å². The molecule has 0 radical (unpaired) electrons. The van der Waals surface area contributed by atoms with Crippen LogP contribution in [0.5, 0.6) is 0 Å². The Kier molecular flexibility index (Phi) is 4.46. The number of nitrogens with one attached hydrogen (secondary N) is 1. The lowest BCUT2D eigenvalue weighted by molar-refractivity contribution is 0.598. The van der Waals surface area contributed by atoms with Crippen LogP contribution in [-0.2, 0) is 17.1 Å². The topological polar surface area (TPSA) is 103 Å². The molecule has 9 heteroatoms. The number of nitrogens with zero attached hydrogens (tertiary/aromatic N) is 3. The zero-order valence-electron chi connectivity index (χ0n) is 15.7. The molecule has 0 aliphatic carbocycles. The van der Waals surface area contributed by atoms with Crippen LogP contribution >= 0.6 is 0 Å². The first kappa shape index (κ1) is 18.9. The van der Waals surface area contributed by atoms with Gasteiger partial charge in [-0.3, -0.25) is 4.72 Å². The summed E-state index contributed by atoms with van der Waals surface area (Å²) in [5, 5.41) is 4.94. The van der Waals surface area contributed by atoms with Crippen molar-refractivity contribution in [1.29, 1.82) is 0 Å². The van der Waals surface area contributed by atoms with Crippen molar-refractivity contribution >= 4 is 32.6 Å². The fraction of sp³-hybridized carbons (Fsp3) is 0.100. The van der Waals surface area contributed by atoms with E-state index in [1.54, 1.807) is 42.2 Å². The number of fused-ring (bicyclic) bond motifs is 1. The van der Waals surface area contributed by atoms with E-state index in [4.69, 9.17) is 5.73 Å². The molecule has 0 aliphatic rings. The smallest absolute Gasteiger partial charge is 0.261 e. The summed E-state index contributed by atoms with van der Waals surface area (Å²) < 4.78 is 42.7. The van der Waals surface area contributed by atoms with Crippen molar-refractivity contribution in [3.63, 3.8) is 0 Å². The van der Waals surface area contributed by atoms with Crippen molar-refractivity contribution in [1.82, 2.24) is 14.8 Å². The number of hydrogen-bond acceptors (Lipinski definition) is 5. The summed E-state index contributed by atoms with van der Waals surface area (Å²) in [7, 11) is -2.06. The van der Waals surface area contributed by atoms with E-state index in [-0.39, 0.29) is 10.5 Å². The Hall–Kier alpha value is -3.46. The zero-order valence-corrected chi connectivity index (χ0v) is 16.5. The van der Waals surface area contributed by atoms with Crippen LogP contribution in [0.15, 0.2) is 59.6 Å². The van der Waals surface area contributed by atoms with Gasteiger partial charge in [0, 0.05) is 18.9 Å². The van der Waals surface area contributed by atoms with Gasteiger partial charge in [0.15, 0.2) is 11.5 Å². The molecule has 4 aromatic rings. The second-order valence-corrected chi connectivity index (χ2v) is 8.34. The van der Waals surface area contributed by atoms with Crippen molar-refractivity contribution < 1.29 is 12.8 Å². The fourth-order valence-electron chi connectivity index (χ4n) is 3.16. The SMILES string of the molecule is Cc1cc(S(=O)(=O)Nc2ccc(-c3ccnc4c3c(N)nn4C)cc2)ccc1F. The molecule has 2 aromatic heterocycles. The molecule has 0 fully saturated rings. The molecular formula is C20H18FN5O2S. The molecule has 0 spiro atoms. The van der Waals surface area contributed by atoms with Crippen LogP contribution in [0.4, 0.5) is 15.9 Å². The van der Waals surface area contributed by atoms with E-state index in [0.29, 0.717) is 17.2 Å². The largest absolute Gasteiger partial charge is 0.382 e. The van der Waals surface area contributed by atoms with Crippen molar-refractivity contribution in [2.45, 2.75) is 11.8 Å². The molecule has 4 rings (SSSR count). The molecule has 7 nitrogen and oxygen atoms in total. The van der Waals surface area contributed by atoms with Gasteiger partial charge < -0.3 is 5.73 Å². The normalized spacial score (nSPS) is 11.7. The Balaban J connectivity index is 1.66. The average Bonchev–Trinajstić information content (AvgIpc) is 2.98. The molecule has 0 atom stereocenters. The number of nitrogen functional groups attached to an aromatic ring is 1. The lowest BCUT2D eigenvalue weighted by Gasteiger charge is -2.10. The summed E-state index contributed by atoms with van der Waals surface area (Å²) in [4.78, 5) is 4.30. The Morgan fingerprint density at radius 3 is 2.52 bits per heavy atom. The van der Waals surface area contributed by atoms with Crippen LogP contribution in [0, 0.1) is 12.7 Å². The van der Waals surface area contributed by atoms with Gasteiger partial charge in [0.05, 0.1) is 10.3 Å². The second-order valence-electron chi connectivity index (χ2n) is 6.66. The molecule has 0 unspecified atom stereocenters. The quantitative estimate of drug-likeness (QED) is 0.535. The number of halogens is 1. The minimum atomic E-state index is -3.83. The van der Waals surface area contributed by atoms with Crippen LogP contribution in [-0.4, -0.2) is 23.2 Å². The summed E-state index contributed by atoms with van der Waals surface area (Å²) in [6, 6.07) is 12.4. The van der Waals surface area contributed by atoms with Gasteiger partial charge in [-0.25, -0.2) is 22.5 Å². The Bertz CT molecular complexity index is 1330. The summed E-state index contributed by atoms with van der Waals surface area (Å²) in [6.07, 6.45) is 1.67. The van der Waals surface area contributed by atoms with Gasteiger partial charge in [-0.1, -0.05) is 12.1 Å². The molecule has 0 aliphatic heterocycles. The minimum Gasteiger partial charge on any atom is -0.382 e. The van der Waals surface area contributed by atoms with Gasteiger partial charge in [0.1, 0.15) is 5.82 Å². The number of benzene rings is 2. The minimum absolute atomic E-state index is 0.000507. The summed E-state index contributed by atoms with van der Waals surface area (Å²) >= 11 is 0. The summed E-state index contributed by atoms with van der Waals surface area (Å²) in [6.45, 7) is 1.52. The first-order valence-electron chi connectivity index (χ1n) is 8.73. The van der Waals surface area contributed by atoms with Crippen LogP contribution in [0.2, 0.25) is 0 Å². The maximum absolute atomic E-state index is 13.4. The van der Waals surface area contributed by atoms with Crippen LogP contribution < -0.4 is 10.5 Å². The van der Waals surface area contributed by atoms with Gasteiger partial charge in [0.25, 0.3) is 10.0 Å². The molecule has 3 N–H and O–H groups in total. The molecule has 148 valence electrons. The monoisotopic (exact) mass is 411 g/mol. The molecule has 2 heterocycles. The third-order valence-corrected chi connectivity index (χ3v) is 6.02. The van der Waals surface area contributed by atoms with Crippen molar-refractivity contribution in [2.24, 2.45) is 7.05 Å². The van der Waals surface area contributed by atoms with Gasteiger partial charge in [-0.2, -0.15) is 5.10 Å². The van der Waals surface area contributed by atoms with Crippen molar-refractivity contribution in [3.8, 4) is 11.1 Å². The number of aromatic nitrogens is 3. The van der Waals surface area contributed by atoms with E-state index in [9.17, 15) is 12.8 Å². The maximum Gasteiger partial charge on any atom is 0.261 e. The molecule has 0 amide bonds. The highest BCUT2D eigenvalue weighted by Gasteiger charge is 2.16. The molecule has 0 saturated carbocycles. The molecular weight excluding hydrogens is 393 g/mol. The Morgan fingerprint density at radius 1 is 1.10 bits per heavy atom. The van der Waals surface area contributed by atoms with E-state index in [2.05, 4.69) is 14.8 Å². The standard InChI is InChI=1S/C20H18FN5O2S/c1-12-11-15(7-8-17(12)21)29(27,28)25-14-5-3-13(4-6-14)16-9-10-23-20-18(16)19(22)24-26(20)2/h3-11,25H,1-2H3,(H2,22,24). The lowest BCUT2D eigenvalue weighted by atomic mass is 10.0. The second kappa shape index (κ2) is 6.85. The molecule has 2 aromatic carbocycles. The van der Waals surface area contributed by atoms with Crippen LogP contribution in [0.1, 0.15) is 5.56 Å². The summed E-state index contributed by atoms with van der Waals surface area (Å²) in [5.41, 5.74) is 9.04. The number of nitrogens with two attached hydrogens (primary N) is 1. The summed E-state index contributed by atoms with van der Waals surface area (Å²) in [5.74, 6) is -0.0753. The highest BCUT2D eigenvalue weighted by Crippen LogP contribution is 2.32. The number of aryl methyl sites for hydroxylation is 2. The van der Waals surface area contributed by atoms with E-state index in [1.807, 2.05) is 6.07 Å². The predicted molar refractivity (Wildman–Crippen MR) is 110 cm³/mol. The number of pyridine rings is 1. The van der Waals surface area contributed by atoms with Crippen molar-refractivity contribution in [2.75, 3.05) is 10.5 Å². The van der Waals surface area contributed by atoms with Crippen LogP contribution in [0.3, 0.4) is 0 Å². The van der Waals surface area contributed by atoms with E-state index in [1.165, 1.54) is 19.1 Å². The Morgan fingerprint density at radius 2 is 1.83 bits per heavy atom. The third kappa shape index (κ3) is 3.40. The first-order chi connectivity index (χ1) is 13.8. The molecule has 29 heavy (non-hydrogen) atoms. The highest BCUT2D eigenvalue weighted by atomic mass is 32.2. The van der Waals surface area contributed by atoms with E-state index >= 15 is 0 Å². The maximum atomic E-state index is 13.4. The van der Waals surface area contributed by atoms with Crippen molar-refractivity contribution in [3.05, 3.63) is 66.1 Å². The zero-order chi connectivity index (χ0) is 20.8. The number of sulfonamides is 1. The van der Waals surface area contributed by atoms with Gasteiger partial charge in [-0.15, -0.1) is 0 Å². The van der Waals surface area contributed by atoms with Gasteiger partial charge in [-0.05, 0) is 60.0 Å². The fourth-order valence-corrected chi connectivity index (χ4v) is 4.31. The number of rotatable bonds is 4. The predicted octanol–water partition coefficient (Wildman–Crippen LogP) is 3.47. The number of hydrogen-bond donors (Lipinski definition) is 2. The van der Waals surface area contributed by atoms with E-state index < -0.39 is 15.8 Å². The van der Waals surface area contributed by atoms with Gasteiger partial charge >= 0.3 is 0 Å².